The van der Waals surface area contributed by atoms with Crippen molar-refractivity contribution in [3.63, 3.8) is 0 Å². The van der Waals surface area contributed by atoms with Gasteiger partial charge in [0, 0.05) is 23.8 Å². The van der Waals surface area contributed by atoms with Crippen LogP contribution in [0.1, 0.15) is 30.8 Å². The van der Waals surface area contributed by atoms with Crippen molar-refractivity contribution in [2.45, 2.75) is 25.8 Å². The lowest BCUT2D eigenvalue weighted by molar-refractivity contribution is -0.121. The molecule has 24 heavy (non-hydrogen) atoms. The minimum atomic E-state index is -0.296. The van der Waals surface area contributed by atoms with E-state index in [0.717, 1.165) is 11.1 Å². The van der Waals surface area contributed by atoms with Crippen molar-refractivity contribution in [3.8, 4) is 11.5 Å². The van der Waals surface area contributed by atoms with Gasteiger partial charge >= 0.3 is 0 Å². The third-order valence-corrected chi connectivity index (χ3v) is 4.23. The van der Waals surface area contributed by atoms with Gasteiger partial charge in [0.1, 0.15) is 5.82 Å². The fourth-order valence-electron chi connectivity index (χ4n) is 2.23. The van der Waals surface area contributed by atoms with E-state index >= 15 is 0 Å². The molecule has 1 amide bonds. The van der Waals surface area contributed by atoms with Crippen LogP contribution < -0.4 is 5.32 Å². The fourth-order valence-corrected chi connectivity index (χ4v) is 2.86. The van der Waals surface area contributed by atoms with Crippen molar-refractivity contribution in [1.29, 1.82) is 0 Å². The maximum absolute atomic E-state index is 12.9. The number of amides is 1. The van der Waals surface area contributed by atoms with Crippen molar-refractivity contribution in [2.75, 3.05) is 0 Å². The van der Waals surface area contributed by atoms with E-state index in [1.54, 1.807) is 23.5 Å². The highest BCUT2D eigenvalue weighted by atomic mass is 32.1. The number of hydrogen-bond acceptors (Lipinski definition) is 5. The minimum absolute atomic E-state index is 0.123. The Morgan fingerprint density at radius 1 is 1.29 bits per heavy atom. The Balaban J connectivity index is 1.51. The van der Waals surface area contributed by atoms with Crippen LogP contribution in [0.5, 0.6) is 0 Å². The Kier molecular flexibility index (Phi) is 5.00. The molecule has 0 aliphatic rings. The highest BCUT2D eigenvalue weighted by molar-refractivity contribution is 7.08. The number of thiophene rings is 1. The van der Waals surface area contributed by atoms with E-state index < -0.39 is 0 Å². The van der Waals surface area contributed by atoms with Crippen molar-refractivity contribution in [3.05, 3.63) is 58.4 Å². The number of carbonyl (C=O) groups is 1. The second-order valence-electron chi connectivity index (χ2n) is 5.35. The van der Waals surface area contributed by atoms with Crippen LogP contribution in [-0.2, 0) is 11.2 Å². The zero-order valence-corrected chi connectivity index (χ0v) is 13.8. The standard InChI is InChI=1S/C17H16FN3O2S/c1-11(12-2-4-14(18)5-3-12)19-15(22)6-7-16-20-21-17(23-16)13-8-9-24-10-13/h2-5,8-11H,6-7H2,1H3,(H,19,22)/t11-/m1/s1. The Morgan fingerprint density at radius 3 is 2.79 bits per heavy atom. The minimum Gasteiger partial charge on any atom is -0.421 e. The van der Waals surface area contributed by atoms with Crippen molar-refractivity contribution < 1.29 is 13.6 Å². The van der Waals surface area contributed by atoms with Crippen molar-refractivity contribution in [1.82, 2.24) is 15.5 Å². The van der Waals surface area contributed by atoms with Crippen LogP contribution in [0.2, 0.25) is 0 Å². The molecule has 1 aromatic carbocycles. The molecule has 0 saturated carbocycles. The van der Waals surface area contributed by atoms with Crippen LogP contribution in [0.15, 0.2) is 45.5 Å². The Hall–Kier alpha value is -2.54. The van der Waals surface area contributed by atoms with Gasteiger partial charge in [-0.3, -0.25) is 4.79 Å². The SMILES string of the molecule is C[C@@H](NC(=O)CCc1nnc(-c2ccsc2)o1)c1ccc(F)cc1. The van der Waals surface area contributed by atoms with Gasteiger partial charge in [0.15, 0.2) is 0 Å². The Bertz CT molecular complexity index is 800. The van der Waals surface area contributed by atoms with E-state index in [9.17, 15) is 9.18 Å². The first kappa shape index (κ1) is 16.3. The zero-order valence-electron chi connectivity index (χ0n) is 13.0. The number of rotatable bonds is 6. The normalized spacial score (nSPS) is 12.1. The van der Waals surface area contributed by atoms with Gasteiger partial charge in [-0.25, -0.2) is 4.39 Å². The molecule has 0 spiro atoms. The number of hydrogen-bond donors (Lipinski definition) is 1. The smallest absolute Gasteiger partial charge is 0.248 e. The van der Waals surface area contributed by atoms with Gasteiger partial charge in [-0.05, 0) is 36.1 Å². The van der Waals surface area contributed by atoms with Gasteiger partial charge in [-0.1, -0.05) is 12.1 Å². The molecule has 0 bridgehead atoms. The molecule has 124 valence electrons. The molecule has 0 fully saturated rings. The van der Waals surface area contributed by atoms with Crippen LogP contribution in [-0.4, -0.2) is 16.1 Å². The average Bonchev–Trinajstić information content (AvgIpc) is 3.25. The van der Waals surface area contributed by atoms with Gasteiger partial charge in [0.2, 0.25) is 17.7 Å². The summed E-state index contributed by atoms with van der Waals surface area (Å²) in [5.74, 6) is 0.476. The predicted molar refractivity (Wildman–Crippen MR) is 88.9 cm³/mol. The molecule has 0 radical (unpaired) electrons. The average molecular weight is 345 g/mol. The van der Waals surface area contributed by atoms with Gasteiger partial charge in [-0.2, -0.15) is 11.3 Å². The lowest BCUT2D eigenvalue weighted by atomic mass is 10.1. The molecule has 5 nitrogen and oxygen atoms in total. The molecule has 1 N–H and O–H groups in total. The second kappa shape index (κ2) is 7.35. The quantitative estimate of drug-likeness (QED) is 0.739. The zero-order chi connectivity index (χ0) is 16.9. The van der Waals surface area contributed by atoms with Crippen LogP contribution in [0.3, 0.4) is 0 Å². The van der Waals surface area contributed by atoms with E-state index in [1.165, 1.54) is 12.1 Å². The molecule has 0 aliphatic heterocycles. The predicted octanol–water partition coefficient (Wildman–Crippen LogP) is 3.75. The Morgan fingerprint density at radius 2 is 2.08 bits per heavy atom. The molecular formula is C17H16FN3O2S. The summed E-state index contributed by atoms with van der Waals surface area (Å²) in [5, 5.41) is 14.7. The summed E-state index contributed by atoms with van der Waals surface area (Å²) in [6, 6.07) is 7.78. The summed E-state index contributed by atoms with van der Waals surface area (Å²) in [4.78, 5) is 12.0. The van der Waals surface area contributed by atoms with Gasteiger partial charge in [0.05, 0.1) is 6.04 Å². The van der Waals surface area contributed by atoms with E-state index in [-0.39, 0.29) is 24.2 Å². The number of nitrogens with zero attached hydrogens (tertiary/aromatic N) is 2. The van der Waals surface area contributed by atoms with Crippen LogP contribution >= 0.6 is 11.3 Å². The van der Waals surface area contributed by atoms with Crippen molar-refractivity contribution >= 4 is 17.2 Å². The number of benzene rings is 1. The number of carbonyl (C=O) groups excluding carboxylic acids is 1. The topological polar surface area (TPSA) is 68.0 Å². The van der Waals surface area contributed by atoms with E-state index in [2.05, 4.69) is 15.5 Å². The summed E-state index contributed by atoms with van der Waals surface area (Å²) in [7, 11) is 0. The lowest BCUT2D eigenvalue weighted by Crippen LogP contribution is -2.26. The van der Waals surface area contributed by atoms with Crippen LogP contribution in [0, 0.1) is 5.82 Å². The summed E-state index contributed by atoms with van der Waals surface area (Å²) in [6.07, 6.45) is 0.621. The third-order valence-electron chi connectivity index (χ3n) is 3.55. The van der Waals surface area contributed by atoms with E-state index in [1.807, 2.05) is 23.8 Å². The number of aryl methyl sites for hydroxylation is 1. The number of halogens is 1. The van der Waals surface area contributed by atoms with E-state index in [0.29, 0.717) is 18.2 Å². The molecule has 0 saturated heterocycles. The monoisotopic (exact) mass is 345 g/mol. The van der Waals surface area contributed by atoms with Gasteiger partial charge in [-0.15, -0.1) is 10.2 Å². The fraction of sp³-hybridized carbons (Fsp3) is 0.235. The summed E-state index contributed by atoms with van der Waals surface area (Å²) < 4.78 is 18.5. The number of aromatic nitrogens is 2. The molecule has 1 atom stereocenters. The molecule has 2 heterocycles. The van der Waals surface area contributed by atoms with Gasteiger partial charge < -0.3 is 9.73 Å². The summed E-state index contributed by atoms with van der Waals surface area (Å²) in [5.41, 5.74) is 1.73. The largest absolute Gasteiger partial charge is 0.421 e. The maximum atomic E-state index is 12.9. The highest BCUT2D eigenvalue weighted by Crippen LogP contribution is 2.21. The number of nitrogens with one attached hydrogen (secondary N) is 1. The van der Waals surface area contributed by atoms with E-state index in [4.69, 9.17) is 4.42 Å². The Labute approximate surface area is 142 Å². The molecule has 2 aromatic heterocycles. The molecule has 0 unspecified atom stereocenters. The molecule has 7 heteroatoms. The second-order valence-corrected chi connectivity index (χ2v) is 6.13. The third kappa shape index (κ3) is 4.05. The highest BCUT2D eigenvalue weighted by Gasteiger charge is 2.13. The molecule has 0 aliphatic carbocycles. The van der Waals surface area contributed by atoms with Crippen molar-refractivity contribution in [2.24, 2.45) is 0 Å². The first-order chi connectivity index (χ1) is 11.6. The summed E-state index contributed by atoms with van der Waals surface area (Å²) in [6.45, 7) is 1.85. The summed E-state index contributed by atoms with van der Waals surface area (Å²) >= 11 is 1.55. The maximum Gasteiger partial charge on any atom is 0.248 e. The van der Waals surface area contributed by atoms with Crippen LogP contribution in [0.4, 0.5) is 4.39 Å². The van der Waals surface area contributed by atoms with Crippen LogP contribution in [0.25, 0.3) is 11.5 Å². The van der Waals surface area contributed by atoms with Gasteiger partial charge in [0.25, 0.3) is 0 Å². The molecule has 3 aromatic rings. The molecular weight excluding hydrogens is 329 g/mol. The lowest BCUT2D eigenvalue weighted by Gasteiger charge is -2.13. The first-order valence-electron chi connectivity index (χ1n) is 7.51. The first-order valence-corrected chi connectivity index (χ1v) is 8.46. The molecule has 3 rings (SSSR count).